The summed E-state index contributed by atoms with van der Waals surface area (Å²) in [6.45, 7) is 0. The molecule has 2 rings (SSSR count). The van der Waals surface area contributed by atoms with E-state index < -0.39 is 0 Å². The molecule has 1 heterocycles. The molecule has 1 aliphatic heterocycles. The van der Waals surface area contributed by atoms with Crippen LogP contribution in [0, 0.1) is 0 Å². The van der Waals surface area contributed by atoms with Crippen LogP contribution in [0.1, 0.15) is 12.8 Å². The minimum atomic E-state index is 1.16. The normalized spacial score (nSPS) is 22.2. The molecular formula is C8H8N. The van der Waals surface area contributed by atoms with Crippen molar-refractivity contribution in [2.24, 2.45) is 0 Å². The largest absolute Gasteiger partial charge is 0.257 e. The summed E-state index contributed by atoms with van der Waals surface area (Å²) < 4.78 is 0. The van der Waals surface area contributed by atoms with E-state index in [1.807, 2.05) is 6.20 Å². The minimum Gasteiger partial charge on any atom is -0.257 e. The number of allylic oxidation sites excluding steroid dienone is 3. The maximum atomic E-state index is 4.17. The summed E-state index contributed by atoms with van der Waals surface area (Å²) in [5.74, 6) is 0. The Morgan fingerprint density at radius 3 is 3.00 bits per heavy atom. The molecule has 0 aromatic carbocycles. The van der Waals surface area contributed by atoms with Crippen LogP contribution in [0.5, 0.6) is 0 Å². The second-order valence-electron chi connectivity index (χ2n) is 2.27. The highest BCUT2D eigenvalue weighted by atomic mass is 14.9. The highest BCUT2D eigenvalue weighted by Gasteiger charge is 2.09. The number of hydrogen-bond donors (Lipinski definition) is 0. The summed E-state index contributed by atoms with van der Waals surface area (Å²) >= 11 is 0. The molecule has 1 aliphatic carbocycles. The molecule has 0 unspecified atom stereocenters. The van der Waals surface area contributed by atoms with Crippen LogP contribution in [-0.2, 0) is 0 Å². The monoisotopic (exact) mass is 118 g/mol. The van der Waals surface area contributed by atoms with Crippen LogP contribution < -0.4 is 5.32 Å². The molecule has 0 N–H and O–H groups in total. The first kappa shape index (κ1) is 4.86. The van der Waals surface area contributed by atoms with Crippen molar-refractivity contribution in [2.45, 2.75) is 12.8 Å². The van der Waals surface area contributed by atoms with E-state index >= 15 is 0 Å². The Labute approximate surface area is 54.8 Å². The van der Waals surface area contributed by atoms with Crippen molar-refractivity contribution in [2.75, 3.05) is 0 Å². The van der Waals surface area contributed by atoms with Gasteiger partial charge in [0, 0.05) is 6.20 Å². The predicted molar refractivity (Wildman–Crippen MR) is 36.7 cm³/mol. The number of rotatable bonds is 0. The Hall–Kier alpha value is -0.980. The zero-order valence-electron chi connectivity index (χ0n) is 5.17. The van der Waals surface area contributed by atoms with Crippen molar-refractivity contribution >= 4 is 0 Å². The quantitative estimate of drug-likeness (QED) is 0.460. The number of hydrogen-bond acceptors (Lipinski definition) is 0. The first-order valence-corrected chi connectivity index (χ1v) is 3.25. The molecule has 0 spiro atoms. The van der Waals surface area contributed by atoms with Gasteiger partial charge in [-0.15, -0.1) is 0 Å². The lowest BCUT2D eigenvalue weighted by Gasteiger charge is -2.03. The SMILES string of the molecule is C1=CC2=CCCC=C2[N]1. The lowest BCUT2D eigenvalue weighted by atomic mass is 10.1. The molecule has 1 nitrogen and oxygen atoms in total. The second kappa shape index (κ2) is 1.76. The Kier molecular flexibility index (Phi) is 0.950. The summed E-state index contributed by atoms with van der Waals surface area (Å²) in [5, 5.41) is 4.17. The molecule has 0 saturated carbocycles. The van der Waals surface area contributed by atoms with Gasteiger partial charge in [0.25, 0.3) is 0 Å². The molecule has 45 valence electrons. The molecule has 0 saturated heterocycles. The summed E-state index contributed by atoms with van der Waals surface area (Å²) in [5.41, 5.74) is 2.47. The Balaban J connectivity index is 2.38. The lowest BCUT2D eigenvalue weighted by molar-refractivity contribution is 0.966. The van der Waals surface area contributed by atoms with Crippen LogP contribution in [0.4, 0.5) is 0 Å². The van der Waals surface area contributed by atoms with Gasteiger partial charge in [-0.05, 0) is 24.5 Å². The van der Waals surface area contributed by atoms with E-state index in [-0.39, 0.29) is 0 Å². The molecule has 2 aliphatic rings. The first-order valence-electron chi connectivity index (χ1n) is 3.25. The van der Waals surface area contributed by atoms with Gasteiger partial charge in [0.1, 0.15) is 0 Å². The van der Waals surface area contributed by atoms with Crippen LogP contribution in [0.25, 0.3) is 0 Å². The third kappa shape index (κ3) is 0.689. The Bertz CT molecular complexity index is 209. The molecular weight excluding hydrogens is 110 g/mol. The smallest absolute Gasteiger partial charge is 0.0659 e. The van der Waals surface area contributed by atoms with E-state index in [0.29, 0.717) is 0 Å². The van der Waals surface area contributed by atoms with Gasteiger partial charge in [0.2, 0.25) is 0 Å². The van der Waals surface area contributed by atoms with Crippen LogP contribution in [0.3, 0.4) is 0 Å². The molecule has 1 radical (unpaired) electrons. The average molecular weight is 118 g/mol. The van der Waals surface area contributed by atoms with Crippen molar-refractivity contribution in [1.82, 2.24) is 5.32 Å². The fraction of sp³-hybridized carbons (Fsp3) is 0.250. The fourth-order valence-corrected chi connectivity index (χ4v) is 1.16. The summed E-state index contributed by atoms with van der Waals surface area (Å²) in [6.07, 6.45) is 10.7. The van der Waals surface area contributed by atoms with E-state index in [0.717, 1.165) is 6.42 Å². The van der Waals surface area contributed by atoms with Crippen molar-refractivity contribution in [1.29, 1.82) is 0 Å². The highest BCUT2D eigenvalue weighted by molar-refractivity contribution is 5.45. The molecule has 0 atom stereocenters. The molecule has 1 heteroatoms. The van der Waals surface area contributed by atoms with Crippen molar-refractivity contribution in [3.8, 4) is 0 Å². The Morgan fingerprint density at radius 1 is 1.22 bits per heavy atom. The van der Waals surface area contributed by atoms with Crippen LogP contribution in [-0.4, -0.2) is 0 Å². The Morgan fingerprint density at radius 2 is 2.11 bits per heavy atom. The van der Waals surface area contributed by atoms with Gasteiger partial charge in [0.15, 0.2) is 0 Å². The van der Waals surface area contributed by atoms with Gasteiger partial charge in [-0.2, -0.15) is 0 Å². The lowest BCUT2D eigenvalue weighted by Crippen LogP contribution is -1.94. The molecule has 0 fully saturated rings. The van der Waals surface area contributed by atoms with Crippen molar-refractivity contribution < 1.29 is 0 Å². The van der Waals surface area contributed by atoms with Crippen LogP contribution in [0.2, 0.25) is 0 Å². The van der Waals surface area contributed by atoms with Gasteiger partial charge in [0.05, 0.1) is 5.70 Å². The zero-order valence-corrected chi connectivity index (χ0v) is 5.17. The van der Waals surface area contributed by atoms with Crippen molar-refractivity contribution in [3.63, 3.8) is 0 Å². The topological polar surface area (TPSA) is 14.1 Å². The van der Waals surface area contributed by atoms with Crippen LogP contribution >= 0.6 is 0 Å². The van der Waals surface area contributed by atoms with E-state index in [1.54, 1.807) is 0 Å². The third-order valence-corrected chi connectivity index (χ3v) is 1.63. The molecule has 0 aromatic rings. The fourth-order valence-electron chi connectivity index (χ4n) is 1.16. The van der Waals surface area contributed by atoms with E-state index in [9.17, 15) is 0 Å². The van der Waals surface area contributed by atoms with Gasteiger partial charge in [-0.25, -0.2) is 0 Å². The molecule has 0 amide bonds. The summed E-state index contributed by atoms with van der Waals surface area (Å²) in [7, 11) is 0. The van der Waals surface area contributed by atoms with E-state index in [1.165, 1.54) is 17.7 Å². The molecule has 9 heavy (non-hydrogen) atoms. The average Bonchev–Trinajstić information content (AvgIpc) is 2.33. The minimum absolute atomic E-state index is 1.16. The second-order valence-corrected chi connectivity index (χ2v) is 2.27. The first-order chi connectivity index (χ1) is 4.47. The van der Waals surface area contributed by atoms with Gasteiger partial charge >= 0.3 is 0 Å². The summed E-state index contributed by atoms with van der Waals surface area (Å²) in [4.78, 5) is 0. The maximum absolute atomic E-state index is 4.17. The van der Waals surface area contributed by atoms with Crippen LogP contribution in [0.15, 0.2) is 35.7 Å². The maximum Gasteiger partial charge on any atom is 0.0659 e. The number of fused-ring (bicyclic) bond motifs is 1. The van der Waals surface area contributed by atoms with E-state index in [4.69, 9.17) is 0 Å². The highest BCUT2D eigenvalue weighted by Crippen LogP contribution is 2.22. The predicted octanol–water partition coefficient (Wildman–Crippen LogP) is 1.72. The number of nitrogens with zero attached hydrogens (tertiary/aromatic N) is 1. The van der Waals surface area contributed by atoms with Crippen molar-refractivity contribution in [3.05, 3.63) is 35.7 Å². The molecule has 0 aromatic heterocycles. The zero-order chi connectivity index (χ0) is 6.10. The van der Waals surface area contributed by atoms with E-state index in [2.05, 4.69) is 23.5 Å². The summed E-state index contributed by atoms with van der Waals surface area (Å²) in [6, 6.07) is 0. The van der Waals surface area contributed by atoms with Gasteiger partial charge in [-0.1, -0.05) is 12.2 Å². The standard InChI is InChI=1S/C8H8N/c1-2-4-8-7(3-1)5-6-9-8/h3-6H,1-2H2. The van der Waals surface area contributed by atoms with Gasteiger partial charge in [-0.3, -0.25) is 5.32 Å². The molecule has 0 bridgehead atoms. The van der Waals surface area contributed by atoms with Gasteiger partial charge < -0.3 is 0 Å². The third-order valence-electron chi connectivity index (χ3n) is 1.63.